The molecule has 1 aliphatic rings. The minimum atomic E-state index is 0.145. The van der Waals surface area contributed by atoms with Crippen molar-refractivity contribution in [2.75, 3.05) is 18.8 Å². The Kier molecular flexibility index (Phi) is 4.93. The summed E-state index contributed by atoms with van der Waals surface area (Å²) in [5, 5.41) is 10.9. The third kappa shape index (κ3) is 3.60. The highest BCUT2D eigenvalue weighted by Crippen LogP contribution is 2.29. The SMILES string of the molecule is CC1CCN(C(=O)CSc2nnc(-c3cccc4ccccc34)o2)CC1. The Balaban J connectivity index is 1.44. The van der Waals surface area contributed by atoms with Gasteiger partial charge in [-0.1, -0.05) is 55.1 Å². The van der Waals surface area contributed by atoms with Gasteiger partial charge in [-0.15, -0.1) is 10.2 Å². The number of hydrogen-bond acceptors (Lipinski definition) is 5. The fraction of sp³-hybridized carbons (Fsp3) is 0.350. The highest BCUT2D eigenvalue weighted by atomic mass is 32.2. The molecule has 0 unspecified atom stereocenters. The van der Waals surface area contributed by atoms with Crippen molar-refractivity contribution in [1.29, 1.82) is 0 Å². The summed E-state index contributed by atoms with van der Waals surface area (Å²) >= 11 is 1.31. The molecule has 0 bridgehead atoms. The number of benzene rings is 2. The predicted molar refractivity (Wildman–Crippen MR) is 103 cm³/mol. The van der Waals surface area contributed by atoms with Crippen LogP contribution in [0.2, 0.25) is 0 Å². The Morgan fingerprint density at radius 2 is 1.92 bits per heavy atom. The molecule has 4 rings (SSSR count). The van der Waals surface area contributed by atoms with E-state index >= 15 is 0 Å². The van der Waals surface area contributed by atoms with Crippen molar-refractivity contribution in [3.63, 3.8) is 0 Å². The lowest BCUT2D eigenvalue weighted by molar-refractivity contribution is -0.129. The second kappa shape index (κ2) is 7.50. The van der Waals surface area contributed by atoms with Crippen LogP contribution in [-0.4, -0.2) is 39.8 Å². The van der Waals surface area contributed by atoms with Gasteiger partial charge in [0, 0.05) is 18.7 Å². The molecule has 0 aliphatic carbocycles. The number of likely N-dealkylation sites (tertiary alicyclic amines) is 1. The van der Waals surface area contributed by atoms with Crippen LogP contribution in [0.3, 0.4) is 0 Å². The average Bonchev–Trinajstić information content (AvgIpc) is 3.15. The first-order chi connectivity index (χ1) is 12.7. The van der Waals surface area contributed by atoms with Crippen LogP contribution in [0.25, 0.3) is 22.2 Å². The third-order valence-corrected chi connectivity index (χ3v) is 5.69. The van der Waals surface area contributed by atoms with Gasteiger partial charge >= 0.3 is 0 Å². The maximum absolute atomic E-state index is 12.3. The lowest BCUT2D eigenvalue weighted by Gasteiger charge is -2.30. The van der Waals surface area contributed by atoms with Gasteiger partial charge < -0.3 is 9.32 Å². The standard InChI is InChI=1S/C20H21N3O2S/c1-14-9-11-23(12-10-14)18(24)13-26-20-22-21-19(25-20)17-8-4-6-15-5-2-3-7-16(15)17/h2-8,14H,9-13H2,1H3. The van der Waals surface area contributed by atoms with Crippen molar-refractivity contribution >= 4 is 28.4 Å². The summed E-state index contributed by atoms with van der Waals surface area (Å²) in [6.07, 6.45) is 2.17. The summed E-state index contributed by atoms with van der Waals surface area (Å²) in [7, 11) is 0. The first kappa shape index (κ1) is 17.1. The van der Waals surface area contributed by atoms with Crippen molar-refractivity contribution < 1.29 is 9.21 Å². The molecule has 2 aromatic carbocycles. The highest BCUT2D eigenvalue weighted by molar-refractivity contribution is 7.99. The molecule has 5 nitrogen and oxygen atoms in total. The van der Waals surface area contributed by atoms with Crippen LogP contribution in [0.15, 0.2) is 52.1 Å². The Bertz CT molecular complexity index is 911. The van der Waals surface area contributed by atoms with E-state index in [-0.39, 0.29) is 5.91 Å². The molecule has 26 heavy (non-hydrogen) atoms. The molecule has 3 aromatic rings. The zero-order valence-electron chi connectivity index (χ0n) is 14.7. The van der Waals surface area contributed by atoms with Gasteiger partial charge in [-0.25, -0.2) is 0 Å². The summed E-state index contributed by atoms with van der Waals surface area (Å²) < 4.78 is 5.80. The van der Waals surface area contributed by atoms with Crippen LogP contribution in [-0.2, 0) is 4.79 Å². The minimum absolute atomic E-state index is 0.145. The van der Waals surface area contributed by atoms with Gasteiger partial charge in [0.25, 0.3) is 5.22 Å². The number of hydrogen-bond donors (Lipinski definition) is 0. The summed E-state index contributed by atoms with van der Waals surface area (Å²) in [5.74, 6) is 1.69. The zero-order valence-corrected chi connectivity index (χ0v) is 15.5. The van der Waals surface area contributed by atoms with Crippen LogP contribution in [0.4, 0.5) is 0 Å². The van der Waals surface area contributed by atoms with Crippen LogP contribution in [0, 0.1) is 5.92 Å². The Hall–Kier alpha value is -2.34. The predicted octanol–water partition coefficient (Wildman–Crippen LogP) is 4.24. The molecule has 2 heterocycles. The number of amides is 1. The molecule has 1 amide bonds. The molecule has 1 aliphatic heterocycles. The monoisotopic (exact) mass is 367 g/mol. The molecule has 1 fully saturated rings. The largest absolute Gasteiger partial charge is 0.411 e. The van der Waals surface area contributed by atoms with Crippen LogP contribution >= 0.6 is 11.8 Å². The quantitative estimate of drug-likeness (QED) is 0.646. The Morgan fingerprint density at radius 3 is 2.77 bits per heavy atom. The second-order valence-corrected chi connectivity index (χ2v) is 7.68. The van der Waals surface area contributed by atoms with Crippen molar-refractivity contribution in [1.82, 2.24) is 15.1 Å². The molecular weight excluding hydrogens is 346 g/mol. The summed E-state index contributed by atoms with van der Waals surface area (Å²) in [6, 6.07) is 14.1. The molecule has 0 radical (unpaired) electrons. The van der Waals surface area contributed by atoms with E-state index in [9.17, 15) is 4.79 Å². The molecule has 1 saturated heterocycles. The second-order valence-electron chi connectivity index (χ2n) is 6.75. The Labute approximate surface area is 156 Å². The normalized spacial score (nSPS) is 15.5. The van der Waals surface area contributed by atoms with E-state index in [2.05, 4.69) is 29.3 Å². The van der Waals surface area contributed by atoms with Gasteiger partial charge in [-0.05, 0) is 35.6 Å². The number of fused-ring (bicyclic) bond motifs is 1. The maximum atomic E-state index is 12.3. The zero-order chi connectivity index (χ0) is 17.9. The fourth-order valence-electron chi connectivity index (χ4n) is 3.26. The van der Waals surface area contributed by atoms with Gasteiger partial charge in [-0.3, -0.25) is 4.79 Å². The Morgan fingerprint density at radius 1 is 1.15 bits per heavy atom. The van der Waals surface area contributed by atoms with Gasteiger partial charge in [0.1, 0.15) is 0 Å². The summed E-state index contributed by atoms with van der Waals surface area (Å²) in [5.41, 5.74) is 0.916. The molecule has 0 saturated carbocycles. The third-order valence-electron chi connectivity index (χ3n) is 4.88. The van der Waals surface area contributed by atoms with Crippen molar-refractivity contribution in [2.24, 2.45) is 5.92 Å². The first-order valence-corrected chi connectivity index (χ1v) is 9.91. The van der Waals surface area contributed by atoms with E-state index in [0.29, 0.717) is 22.8 Å². The number of carbonyl (C=O) groups excluding carboxylic acids is 1. The van der Waals surface area contributed by atoms with E-state index in [1.54, 1.807) is 0 Å². The van der Waals surface area contributed by atoms with Crippen molar-refractivity contribution in [3.8, 4) is 11.5 Å². The topological polar surface area (TPSA) is 59.2 Å². The van der Waals surface area contributed by atoms with Crippen LogP contribution < -0.4 is 0 Å². The maximum Gasteiger partial charge on any atom is 0.277 e. The summed E-state index contributed by atoms with van der Waals surface area (Å²) in [4.78, 5) is 14.3. The van der Waals surface area contributed by atoms with Gasteiger partial charge in [0.2, 0.25) is 11.8 Å². The molecule has 1 aromatic heterocycles. The molecule has 0 atom stereocenters. The smallest absolute Gasteiger partial charge is 0.277 e. The average molecular weight is 367 g/mol. The molecule has 0 N–H and O–H groups in total. The molecule has 134 valence electrons. The van der Waals surface area contributed by atoms with E-state index in [4.69, 9.17) is 4.42 Å². The number of aromatic nitrogens is 2. The lowest BCUT2D eigenvalue weighted by atomic mass is 9.99. The minimum Gasteiger partial charge on any atom is -0.411 e. The molecular formula is C20H21N3O2S. The van der Waals surface area contributed by atoms with E-state index < -0.39 is 0 Å². The number of thioether (sulfide) groups is 1. The van der Waals surface area contributed by atoms with Crippen LogP contribution in [0.5, 0.6) is 0 Å². The highest BCUT2D eigenvalue weighted by Gasteiger charge is 2.21. The van der Waals surface area contributed by atoms with Crippen molar-refractivity contribution in [3.05, 3.63) is 42.5 Å². The molecule has 0 spiro atoms. The van der Waals surface area contributed by atoms with Gasteiger partial charge in [0.15, 0.2) is 0 Å². The van der Waals surface area contributed by atoms with E-state index in [1.165, 1.54) is 11.8 Å². The van der Waals surface area contributed by atoms with Gasteiger partial charge in [-0.2, -0.15) is 0 Å². The summed E-state index contributed by atoms with van der Waals surface area (Å²) in [6.45, 7) is 3.95. The number of nitrogens with zero attached hydrogens (tertiary/aromatic N) is 3. The van der Waals surface area contributed by atoms with E-state index in [0.717, 1.165) is 42.3 Å². The van der Waals surface area contributed by atoms with Crippen LogP contribution in [0.1, 0.15) is 19.8 Å². The number of piperidine rings is 1. The lowest BCUT2D eigenvalue weighted by Crippen LogP contribution is -2.38. The number of rotatable bonds is 4. The van der Waals surface area contributed by atoms with Crippen molar-refractivity contribution in [2.45, 2.75) is 25.0 Å². The molecule has 6 heteroatoms. The van der Waals surface area contributed by atoms with E-state index in [1.807, 2.05) is 35.2 Å². The number of carbonyl (C=O) groups is 1. The first-order valence-electron chi connectivity index (χ1n) is 8.93. The fourth-order valence-corrected chi connectivity index (χ4v) is 3.93. The van der Waals surface area contributed by atoms with Gasteiger partial charge in [0.05, 0.1) is 5.75 Å².